The highest BCUT2D eigenvalue weighted by atomic mass is 32.1. The van der Waals surface area contributed by atoms with Gasteiger partial charge in [0.1, 0.15) is 11.3 Å². The zero-order chi connectivity index (χ0) is 17.2. The number of fused-ring (bicyclic) bond motifs is 1. The minimum Gasteiger partial charge on any atom is -0.370 e. The van der Waals surface area contributed by atoms with Crippen LogP contribution in [0.1, 0.15) is 12.1 Å². The van der Waals surface area contributed by atoms with Crippen molar-refractivity contribution in [3.8, 4) is 0 Å². The molecule has 1 saturated heterocycles. The third kappa shape index (κ3) is 3.48. The molecule has 0 radical (unpaired) electrons. The quantitative estimate of drug-likeness (QED) is 0.713. The van der Waals surface area contributed by atoms with Gasteiger partial charge in [0.25, 0.3) is 0 Å². The second-order valence-electron chi connectivity index (χ2n) is 6.21. The van der Waals surface area contributed by atoms with Gasteiger partial charge in [0.05, 0.1) is 11.2 Å². The first-order chi connectivity index (χ1) is 12.2. The minimum absolute atomic E-state index is 0.225. The van der Waals surface area contributed by atoms with Gasteiger partial charge >= 0.3 is 0 Å². The summed E-state index contributed by atoms with van der Waals surface area (Å²) in [6.07, 6.45) is 2.59. The monoisotopic (exact) mass is 360 g/mol. The van der Waals surface area contributed by atoms with Crippen LogP contribution in [0.4, 0.5) is 14.5 Å². The molecule has 0 N–H and O–H groups in total. The summed E-state index contributed by atoms with van der Waals surface area (Å²) in [5, 5.41) is 2.61. The maximum absolute atomic E-state index is 14.0. The van der Waals surface area contributed by atoms with Crippen molar-refractivity contribution < 1.29 is 8.78 Å². The van der Waals surface area contributed by atoms with Crippen LogP contribution < -0.4 is 4.90 Å². The van der Waals surface area contributed by atoms with E-state index in [0.29, 0.717) is 5.39 Å². The zero-order valence-corrected chi connectivity index (χ0v) is 14.5. The van der Waals surface area contributed by atoms with Crippen LogP contribution in [-0.4, -0.2) is 41.0 Å². The van der Waals surface area contributed by atoms with E-state index in [1.54, 1.807) is 17.5 Å². The Balaban J connectivity index is 1.57. The van der Waals surface area contributed by atoms with Crippen LogP contribution in [0.3, 0.4) is 0 Å². The Labute approximate surface area is 148 Å². The lowest BCUT2D eigenvalue weighted by Gasteiger charge is -2.24. The number of benzene rings is 1. The predicted octanol–water partition coefficient (Wildman–Crippen LogP) is 3.68. The number of anilines is 1. The van der Waals surface area contributed by atoms with E-state index in [2.05, 4.69) is 25.1 Å². The summed E-state index contributed by atoms with van der Waals surface area (Å²) in [4.78, 5) is 13.0. The number of thiazole rings is 1. The highest BCUT2D eigenvalue weighted by Crippen LogP contribution is 2.28. The molecule has 1 aliphatic heterocycles. The van der Waals surface area contributed by atoms with Crippen molar-refractivity contribution >= 4 is 27.9 Å². The molecule has 0 atom stereocenters. The molecule has 0 unspecified atom stereocenters. The van der Waals surface area contributed by atoms with Crippen molar-refractivity contribution in [1.29, 1.82) is 0 Å². The van der Waals surface area contributed by atoms with Crippen LogP contribution in [0.5, 0.6) is 0 Å². The van der Waals surface area contributed by atoms with Crippen molar-refractivity contribution in [3.05, 3.63) is 52.6 Å². The van der Waals surface area contributed by atoms with Crippen LogP contribution in [0, 0.1) is 11.6 Å². The van der Waals surface area contributed by atoms with E-state index in [0.717, 1.165) is 56.6 Å². The lowest BCUT2D eigenvalue weighted by Crippen LogP contribution is -2.30. The molecule has 0 spiro atoms. The van der Waals surface area contributed by atoms with E-state index >= 15 is 0 Å². The summed E-state index contributed by atoms with van der Waals surface area (Å²) in [7, 11) is 0. The molecule has 2 aromatic heterocycles. The summed E-state index contributed by atoms with van der Waals surface area (Å²) >= 11 is 1.61. The molecule has 3 aromatic rings. The molecule has 4 rings (SSSR count). The number of pyridine rings is 1. The summed E-state index contributed by atoms with van der Waals surface area (Å²) in [5.41, 5.74) is 4.02. The van der Waals surface area contributed by atoms with Gasteiger partial charge in [0.2, 0.25) is 0 Å². The largest absolute Gasteiger partial charge is 0.370 e. The lowest BCUT2D eigenvalue weighted by molar-refractivity contribution is 0.282. The van der Waals surface area contributed by atoms with Gasteiger partial charge in [-0.3, -0.25) is 9.88 Å². The topological polar surface area (TPSA) is 32.3 Å². The van der Waals surface area contributed by atoms with Gasteiger partial charge in [-0.1, -0.05) is 0 Å². The third-order valence-electron chi connectivity index (χ3n) is 4.54. The SMILES string of the molecule is Fc1cc(F)c2nccc(N3CCCN(Cc4cscn4)CC3)c2c1. The fourth-order valence-corrected chi connectivity index (χ4v) is 3.90. The fraction of sp³-hybridized carbons (Fsp3) is 0.333. The van der Waals surface area contributed by atoms with Gasteiger partial charge in [-0.15, -0.1) is 11.3 Å². The van der Waals surface area contributed by atoms with Crippen molar-refractivity contribution in [2.24, 2.45) is 0 Å². The predicted molar refractivity (Wildman–Crippen MR) is 95.9 cm³/mol. The number of halogens is 2. The van der Waals surface area contributed by atoms with E-state index in [4.69, 9.17) is 0 Å². The third-order valence-corrected chi connectivity index (χ3v) is 5.17. The molecular formula is C18H18F2N4S. The van der Waals surface area contributed by atoms with Crippen LogP contribution in [0.25, 0.3) is 10.9 Å². The molecule has 0 bridgehead atoms. The molecule has 130 valence electrons. The highest BCUT2D eigenvalue weighted by molar-refractivity contribution is 7.07. The van der Waals surface area contributed by atoms with Gasteiger partial charge in [-0.05, 0) is 18.6 Å². The second-order valence-corrected chi connectivity index (χ2v) is 6.93. The lowest BCUT2D eigenvalue weighted by atomic mass is 10.1. The van der Waals surface area contributed by atoms with Gasteiger partial charge < -0.3 is 4.90 Å². The first kappa shape index (κ1) is 16.4. The van der Waals surface area contributed by atoms with E-state index in [9.17, 15) is 8.78 Å². The van der Waals surface area contributed by atoms with Crippen molar-refractivity contribution in [2.45, 2.75) is 13.0 Å². The molecule has 0 amide bonds. The highest BCUT2D eigenvalue weighted by Gasteiger charge is 2.19. The fourth-order valence-electron chi connectivity index (χ4n) is 3.36. The van der Waals surface area contributed by atoms with Crippen LogP contribution >= 0.6 is 11.3 Å². The summed E-state index contributed by atoms with van der Waals surface area (Å²) < 4.78 is 27.7. The summed E-state index contributed by atoms with van der Waals surface area (Å²) in [5.74, 6) is -1.18. The van der Waals surface area contributed by atoms with Gasteiger partial charge in [-0.2, -0.15) is 0 Å². The van der Waals surface area contributed by atoms with E-state index in [1.165, 1.54) is 6.07 Å². The van der Waals surface area contributed by atoms with E-state index in [1.807, 2.05) is 11.6 Å². The number of hydrogen-bond donors (Lipinski definition) is 0. The van der Waals surface area contributed by atoms with E-state index in [-0.39, 0.29) is 5.52 Å². The molecular weight excluding hydrogens is 342 g/mol. The summed E-state index contributed by atoms with van der Waals surface area (Å²) in [6, 6.07) is 4.10. The van der Waals surface area contributed by atoms with Gasteiger partial charge in [0.15, 0.2) is 5.82 Å². The zero-order valence-electron chi connectivity index (χ0n) is 13.7. The van der Waals surface area contributed by atoms with Crippen molar-refractivity contribution in [2.75, 3.05) is 31.1 Å². The van der Waals surface area contributed by atoms with Crippen LogP contribution in [-0.2, 0) is 6.54 Å². The standard InChI is InChI=1S/C18H18F2N4S/c19-13-8-15-17(2-3-21-18(15)16(20)9-13)24-5-1-4-23(6-7-24)10-14-11-25-12-22-14/h2-3,8-9,11-12H,1,4-7,10H2. The Hall–Kier alpha value is -2.12. The van der Waals surface area contributed by atoms with Crippen molar-refractivity contribution in [1.82, 2.24) is 14.9 Å². The Bertz CT molecular complexity index is 869. The molecule has 0 saturated carbocycles. The molecule has 4 nitrogen and oxygen atoms in total. The first-order valence-electron chi connectivity index (χ1n) is 8.29. The molecule has 1 aromatic carbocycles. The van der Waals surface area contributed by atoms with Crippen molar-refractivity contribution in [3.63, 3.8) is 0 Å². The molecule has 0 aliphatic carbocycles. The molecule has 25 heavy (non-hydrogen) atoms. The van der Waals surface area contributed by atoms with Crippen LogP contribution in [0.15, 0.2) is 35.3 Å². The normalized spacial score (nSPS) is 16.3. The summed E-state index contributed by atoms with van der Waals surface area (Å²) in [6.45, 7) is 4.38. The first-order valence-corrected chi connectivity index (χ1v) is 9.23. The number of nitrogens with zero attached hydrogens (tertiary/aromatic N) is 4. The Morgan fingerprint density at radius 2 is 2.00 bits per heavy atom. The molecule has 1 fully saturated rings. The molecule has 1 aliphatic rings. The molecule has 7 heteroatoms. The number of rotatable bonds is 3. The van der Waals surface area contributed by atoms with Crippen LogP contribution in [0.2, 0.25) is 0 Å². The van der Waals surface area contributed by atoms with E-state index < -0.39 is 11.6 Å². The average Bonchev–Trinajstić information content (AvgIpc) is 2.99. The smallest absolute Gasteiger partial charge is 0.152 e. The Morgan fingerprint density at radius 3 is 2.84 bits per heavy atom. The maximum Gasteiger partial charge on any atom is 0.152 e. The Kier molecular flexibility index (Phi) is 4.59. The van der Waals surface area contributed by atoms with Gasteiger partial charge in [0, 0.05) is 61.4 Å². The number of aromatic nitrogens is 2. The molecule has 3 heterocycles. The minimum atomic E-state index is -0.614. The van der Waals surface area contributed by atoms with Gasteiger partial charge in [-0.25, -0.2) is 13.8 Å². The maximum atomic E-state index is 14.0. The Morgan fingerprint density at radius 1 is 1.08 bits per heavy atom. The number of hydrogen-bond acceptors (Lipinski definition) is 5. The second kappa shape index (κ2) is 7.01. The average molecular weight is 360 g/mol.